The summed E-state index contributed by atoms with van der Waals surface area (Å²) in [5.74, 6) is 0.553. The zero-order chi connectivity index (χ0) is 19.9. The molecule has 1 heterocycles. The third-order valence-electron chi connectivity index (χ3n) is 5.30. The van der Waals surface area contributed by atoms with E-state index in [0.29, 0.717) is 18.9 Å². The molecule has 1 aliphatic heterocycles. The first-order valence-electron chi connectivity index (χ1n) is 9.81. The van der Waals surface area contributed by atoms with Crippen LogP contribution >= 0.6 is 0 Å². The maximum atomic E-state index is 12.5. The standard InChI is InChI=1S/C23H28N2O3/c1-25(23(27)15-24)16-18-3-2-4-21(13-18)19-5-7-20(8-6-19)22(26)14-17-9-11-28-12-10-17/h2-8,13,17H,9-12,14-16,24H2,1H3. The molecule has 0 atom stereocenters. The van der Waals surface area contributed by atoms with Gasteiger partial charge >= 0.3 is 0 Å². The summed E-state index contributed by atoms with van der Waals surface area (Å²) in [7, 11) is 1.75. The van der Waals surface area contributed by atoms with Crippen molar-refractivity contribution in [1.82, 2.24) is 4.90 Å². The Kier molecular flexibility index (Phi) is 6.95. The molecule has 0 spiro atoms. The van der Waals surface area contributed by atoms with Gasteiger partial charge in [-0.25, -0.2) is 0 Å². The number of nitrogens with two attached hydrogens (primary N) is 1. The molecule has 0 bridgehead atoms. The number of nitrogens with zero attached hydrogens (tertiary/aromatic N) is 1. The predicted octanol–water partition coefficient (Wildman–Crippen LogP) is 3.27. The summed E-state index contributed by atoms with van der Waals surface area (Å²) in [6, 6.07) is 15.9. The molecule has 1 saturated heterocycles. The summed E-state index contributed by atoms with van der Waals surface area (Å²) in [6.45, 7) is 2.06. The molecule has 2 N–H and O–H groups in total. The van der Waals surface area contributed by atoms with Crippen LogP contribution in [0.15, 0.2) is 48.5 Å². The van der Waals surface area contributed by atoms with Gasteiger partial charge in [-0.1, -0.05) is 42.5 Å². The molecule has 0 radical (unpaired) electrons. The van der Waals surface area contributed by atoms with Crippen molar-refractivity contribution in [2.45, 2.75) is 25.8 Å². The molecule has 3 rings (SSSR count). The lowest BCUT2D eigenvalue weighted by atomic mass is 9.91. The minimum atomic E-state index is -0.0854. The van der Waals surface area contributed by atoms with Gasteiger partial charge in [-0.2, -0.15) is 0 Å². The highest BCUT2D eigenvalue weighted by Crippen LogP contribution is 2.24. The molecular weight excluding hydrogens is 352 g/mol. The number of carbonyl (C=O) groups excluding carboxylic acids is 2. The first-order chi connectivity index (χ1) is 13.6. The van der Waals surface area contributed by atoms with Crippen LogP contribution < -0.4 is 5.73 Å². The maximum absolute atomic E-state index is 12.5. The number of rotatable bonds is 7. The quantitative estimate of drug-likeness (QED) is 0.748. The van der Waals surface area contributed by atoms with E-state index in [1.165, 1.54) is 0 Å². The van der Waals surface area contributed by atoms with Crippen molar-refractivity contribution in [1.29, 1.82) is 0 Å². The van der Waals surface area contributed by atoms with Gasteiger partial charge in [0.15, 0.2) is 5.78 Å². The molecule has 2 aromatic carbocycles. The second-order valence-electron chi connectivity index (χ2n) is 7.41. The number of hydrogen-bond donors (Lipinski definition) is 1. The number of likely N-dealkylation sites (N-methyl/N-ethyl adjacent to an activating group) is 1. The van der Waals surface area contributed by atoms with Crippen molar-refractivity contribution in [3.63, 3.8) is 0 Å². The second kappa shape index (κ2) is 9.62. The molecule has 28 heavy (non-hydrogen) atoms. The molecule has 0 aromatic heterocycles. The van der Waals surface area contributed by atoms with Gasteiger partial charge in [0.05, 0.1) is 6.54 Å². The van der Waals surface area contributed by atoms with Crippen LogP contribution in [0.3, 0.4) is 0 Å². The molecule has 148 valence electrons. The Morgan fingerprint density at radius 1 is 1.07 bits per heavy atom. The summed E-state index contributed by atoms with van der Waals surface area (Å²) in [6.07, 6.45) is 2.54. The number of carbonyl (C=O) groups is 2. The zero-order valence-electron chi connectivity index (χ0n) is 16.4. The zero-order valence-corrected chi connectivity index (χ0v) is 16.4. The Labute approximate surface area is 166 Å². The Hall–Kier alpha value is -2.50. The van der Waals surface area contributed by atoms with E-state index in [0.717, 1.165) is 48.3 Å². The molecule has 5 heteroatoms. The third kappa shape index (κ3) is 5.27. The number of ketones is 1. The van der Waals surface area contributed by atoms with Crippen LogP contribution in [-0.2, 0) is 16.1 Å². The van der Waals surface area contributed by atoms with Crippen LogP contribution in [0.25, 0.3) is 11.1 Å². The van der Waals surface area contributed by atoms with Crippen LogP contribution in [0.5, 0.6) is 0 Å². The van der Waals surface area contributed by atoms with E-state index >= 15 is 0 Å². The van der Waals surface area contributed by atoms with E-state index in [9.17, 15) is 9.59 Å². The molecule has 5 nitrogen and oxygen atoms in total. The SMILES string of the molecule is CN(Cc1cccc(-c2ccc(C(=O)CC3CCOCC3)cc2)c1)C(=O)CN. The minimum absolute atomic E-state index is 0.0135. The van der Waals surface area contributed by atoms with E-state index in [1.54, 1.807) is 11.9 Å². The van der Waals surface area contributed by atoms with Crippen molar-refractivity contribution in [2.24, 2.45) is 11.7 Å². The van der Waals surface area contributed by atoms with E-state index in [-0.39, 0.29) is 18.2 Å². The predicted molar refractivity (Wildman–Crippen MR) is 110 cm³/mol. The molecule has 1 fully saturated rings. The van der Waals surface area contributed by atoms with Gasteiger partial charge in [0.1, 0.15) is 0 Å². The van der Waals surface area contributed by atoms with Gasteiger partial charge in [-0.05, 0) is 41.5 Å². The Balaban J connectivity index is 1.66. The highest BCUT2D eigenvalue weighted by molar-refractivity contribution is 5.96. The van der Waals surface area contributed by atoms with Gasteiger partial charge in [0.25, 0.3) is 0 Å². The molecule has 1 amide bonds. The van der Waals surface area contributed by atoms with E-state index in [1.807, 2.05) is 42.5 Å². The van der Waals surface area contributed by atoms with Gasteiger partial charge in [0.2, 0.25) is 5.91 Å². The number of benzene rings is 2. The van der Waals surface area contributed by atoms with Gasteiger partial charge in [-0.3, -0.25) is 9.59 Å². The topological polar surface area (TPSA) is 72.6 Å². The summed E-state index contributed by atoms with van der Waals surface area (Å²) < 4.78 is 5.37. The summed E-state index contributed by atoms with van der Waals surface area (Å²) in [5.41, 5.74) is 9.34. The van der Waals surface area contributed by atoms with Gasteiger partial charge in [-0.15, -0.1) is 0 Å². The number of ether oxygens (including phenoxy) is 1. The first kappa shape index (κ1) is 20.2. The third-order valence-corrected chi connectivity index (χ3v) is 5.30. The lowest BCUT2D eigenvalue weighted by molar-refractivity contribution is -0.128. The van der Waals surface area contributed by atoms with Crippen LogP contribution in [0.2, 0.25) is 0 Å². The lowest BCUT2D eigenvalue weighted by Gasteiger charge is -2.21. The van der Waals surface area contributed by atoms with Crippen molar-refractivity contribution in [3.8, 4) is 11.1 Å². The smallest absolute Gasteiger partial charge is 0.236 e. The molecule has 2 aromatic rings. The van der Waals surface area contributed by atoms with Gasteiger partial charge in [0, 0.05) is 38.8 Å². The van der Waals surface area contributed by atoms with Crippen LogP contribution in [0.4, 0.5) is 0 Å². The molecule has 0 aliphatic carbocycles. The normalized spacial score (nSPS) is 14.6. The molecule has 1 aliphatic rings. The molecular formula is C23H28N2O3. The number of amides is 1. The maximum Gasteiger partial charge on any atom is 0.236 e. The van der Waals surface area contributed by atoms with Crippen LogP contribution in [0, 0.1) is 5.92 Å². The second-order valence-corrected chi connectivity index (χ2v) is 7.41. The highest BCUT2D eigenvalue weighted by atomic mass is 16.5. The van der Waals surface area contributed by atoms with Crippen molar-refractivity contribution in [2.75, 3.05) is 26.8 Å². The van der Waals surface area contributed by atoms with E-state index in [4.69, 9.17) is 10.5 Å². The fourth-order valence-corrected chi connectivity index (χ4v) is 3.55. The molecule has 0 unspecified atom stereocenters. The Morgan fingerprint density at radius 2 is 1.79 bits per heavy atom. The summed E-state index contributed by atoms with van der Waals surface area (Å²) in [5, 5.41) is 0. The number of hydrogen-bond acceptors (Lipinski definition) is 4. The average molecular weight is 380 g/mol. The van der Waals surface area contributed by atoms with Crippen molar-refractivity contribution >= 4 is 11.7 Å². The van der Waals surface area contributed by atoms with Crippen LogP contribution in [-0.4, -0.2) is 43.4 Å². The fourth-order valence-electron chi connectivity index (χ4n) is 3.55. The Morgan fingerprint density at radius 3 is 2.46 bits per heavy atom. The number of Topliss-reactive ketones (excluding diaryl/α,β-unsaturated/α-hetero) is 1. The summed E-state index contributed by atoms with van der Waals surface area (Å²) in [4.78, 5) is 25.8. The van der Waals surface area contributed by atoms with E-state index < -0.39 is 0 Å². The van der Waals surface area contributed by atoms with E-state index in [2.05, 4.69) is 6.07 Å². The Bertz CT molecular complexity index is 811. The monoisotopic (exact) mass is 380 g/mol. The average Bonchev–Trinajstić information content (AvgIpc) is 2.74. The van der Waals surface area contributed by atoms with Crippen LogP contribution in [0.1, 0.15) is 35.2 Å². The largest absolute Gasteiger partial charge is 0.381 e. The highest BCUT2D eigenvalue weighted by Gasteiger charge is 2.18. The lowest BCUT2D eigenvalue weighted by Crippen LogP contribution is -2.32. The summed E-state index contributed by atoms with van der Waals surface area (Å²) >= 11 is 0. The first-order valence-corrected chi connectivity index (χ1v) is 9.81. The fraction of sp³-hybridized carbons (Fsp3) is 0.391. The molecule has 0 saturated carbocycles. The minimum Gasteiger partial charge on any atom is -0.381 e. The van der Waals surface area contributed by atoms with Crippen molar-refractivity contribution < 1.29 is 14.3 Å². The van der Waals surface area contributed by atoms with Crippen molar-refractivity contribution in [3.05, 3.63) is 59.7 Å². The van der Waals surface area contributed by atoms with Gasteiger partial charge < -0.3 is 15.4 Å².